The molecule has 1 atom stereocenters. The van der Waals surface area contributed by atoms with E-state index in [1.807, 2.05) is 18.4 Å². The van der Waals surface area contributed by atoms with Crippen LogP contribution in [0.2, 0.25) is 5.02 Å². The quantitative estimate of drug-likeness (QED) is 0.570. The number of nitrogens with zero attached hydrogens (tertiary/aromatic N) is 1. The van der Waals surface area contributed by atoms with Gasteiger partial charge in [0, 0.05) is 11.3 Å². The number of ether oxygens (including phenoxy) is 3. The number of benzene rings is 2. The fourth-order valence-corrected chi connectivity index (χ4v) is 4.30. The van der Waals surface area contributed by atoms with Crippen LogP contribution in [0, 0.1) is 11.3 Å². The van der Waals surface area contributed by atoms with Gasteiger partial charge in [0.25, 0.3) is 5.91 Å². The van der Waals surface area contributed by atoms with Crippen LogP contribution in [-0.4, -0.2) is 43.2 Å². The Balaban J connectivity index is 1.61. The van der Waals surface area contributed by atoms with E-state index >= 15 is 0 Å². The van der Waals surface area contributed by atoms with Gasteiger partial charge < -0.3 is 24.8 Å². The first kappa shape index (κ1) is 25.0. The van der Waals surface area contributed by atoms with Gasteiger partial charge in [-0.3, -0.25) is 4.79 Å². The minimum absolute atomic E-state index is 0.164. The molecule has 1 fully saturated rings. The lowest BCUT2D eigenvalue weighted by atomic mass is 10.1. The fraction of sp³-hybridized carbons (Fsp3) is 0.400. The third-order valence-electron chi connectivity index (χ3n) is 5.75. The Morgan fingerprint density at radius 3 is 2.57 bits per heavy atom. The number of nitrogens with one attached hydrogen (secondary N) is 2. The molecule has 184 valence electrons. The Morgan fingerprint density at radius 1 is 1.20 bits per heavy atom. The number of thioether (sulfide) groups is 1. The average molecular weight is 516 g/mol. The van der Waals surface area contributed by atoms with Crippen LogP contribution >= 0.6 is 23.4 Å². The zero-order valence-electron chi connectivity index (χ0n) is 19.3. The highest BCUT2D eigenvalue weighted by Crippen LogP contribution is 2.34. The molecule has 2 heterocycles. The maximum absolute atomic E-state index is 13.3. The van der Waals surface area contributed by atoms with Gasteiger partial charge in [-0.25, -0.2) is 4.79 Å². The molecular formula is C25H26ClN3O5S. The van der Waals surface area contributed by atoms with Crippen LogP contribution in [0.3, 0.4) is 0 Å². The van der Waals surface area contributed by atoms with Crippen molar-refractivity contribution >= 4 is 35.4 Å². The van der Waals surface area contributed by atoms with Crippen molar-refractivity contribution in [3.05, 3.63) is 52.5 Å². The molecule has 2 aromatic carbocycles. The Labute approximate surface area is 213 Å². The summed E-state index contributed by atoms with van der Waals surface area (Å²) >= 11 is 7.90. The Hall–Kier alpha value is -3.09. The summed E-state index contributed by atoms with van der Waals surface area (Å²) in [6.45, 7) is 0.890. The zero-order valence-corrected chi connectivity index (χ0v) is 20.8. The molecule has 1 aliphatic carbocycles. The smallest absolute Gasteiger partial charge is 0.410 e. The number of carbonyl (C=O) groups is 2. The number of nitriles is 1. The van der Waals surface area contributed by atoms with Crippen molar-refractivity contribution in [2.45, 2.75) is 48.8 Å². The van der Waals surface area contributed by atoms with Gasteiger partial charge in [0.2, 0.25) is 0 Å². The van der Waals surface area contributed by atoms with E-state index in [1.54, 1.807) is 24.3 Å². The van der Waals surface area contributed by atoms with E-state index in [1.165, 1.54) is 11.8 Å². The number of rotatable bonds is 3. The van der Waals surface area contributed by atoms with E-state index in [-0.39, 0.29) is 6.42 Å². The summed E-state index contributed by atoms with van der Waals surface area (Å²) in [4.78, 5) is 26.8. The predicted molar refractivity (Wildman–Crippen MR) is 132 cm³/mol. The molecule has 3 aliphatic rings. The highest BCUT2D eigenvalue weighted by Gasteiger charge is 2.45. The molecule has 35 heavy (non-hydrogen) atoms. The first-order chi connectivity index (χ1) is 16.9. The van der Waals surface area contributed by atoms with Crippen molar-refractivity contribution in [1.29, 1.82) is 5.26 Å². The fourth-order valence-electron chi connectivity index (χ4n) is 3.60. The van der Waals surface area contributed by atoms with E-state index in [9.17, 15) is 14.9 Å². The zero-order chi connectivity index (χ0) is 24.8. The molecule has 0 aromatic heterocycles. The standard InChI is InChI=1S/C25H26ClN3O5S/c1-35-17-5-7-20-18(14-17)23(30)28-22(34-24(31)29-25(15-27)8-9-25)13-16-4-6-21(19(26)12-16)33-11-3-2-10-32-20/h4-7,12,14,22H,2-3,8-11,13H2,1H3,(H,28,30)(H,29,31)/t22-/m0/s1. The van der Waals surface area contributed by atoms with Gasteiger partial charge in [0.05, 0.1) is 29.9 Å². The maximum atomic E-state index is 13.3. The lowest BCUT2D eigenvalue weighted by molar-refractivity contribution is 0.0621. The van der Waals surface area contributed by atoms with Crippen LogP contribution in [0.1, 0.15) is 41.6 Å². The molecule has 2 N–H and O–H groups in total. The number of hydrogen-bond donors (Lipinski definition) is 2. The predicted octanol–water partition coefficient (Wildman–Crippen LogP) is 4.69. The number of fused-ring (bicyclic) bond motifs is 10. The molecule has 10 heteroatoms. The third kappa shape index (κ3) is 6.53. The summed E-state index contributed by atoms with van der Waals surface area (Å²) in [7, 11) is 0. The minimum Gasteiger partial charge on any atom is -0.493 e. The van der Waals surface area contributed by atoms with Crippen LogP contribution in [0.15, 0.2) is 41.3 Å². The lowest BCUT2D eigenvalue weighted by Crippen LogP contribution is -2.45. The van der Waals surface area contributed by atoms with Gasteiger partial charge in [-0.05, 0) is 67.8 Å². The first-order valence-electron chi connectivity index (χ1n) is 11.3. The summed E-state index contributed by atoms with van der Waals surface area (Å²) in [5.74, 6) is 0.569. The van der Waals surface area contributed by atoms with Crippen LogP contribution < -0.4 is 20.1 Å². The monoisotopic (exact) mass is 515 g/mol. The molecule has 2 bridgehead atoms. The largest absolute Gasteiger partial charge is 0.493 e. The second-order valence-corrected chi connectivity index (χ2v) is 9.71. The highest BCUT2D eigenvalue weighted by molar-refractivity contribution is 7.98. The van der Waals surface area contributed by atoms with Gasteiger partial charge in [0.1, 0.15) is 17.0 Å². The molecule has 5 rings (SSSR count). The van der Waals surface area contributed by atoms with Crippen LogP contribution in [0.5, 0.6) is 11.5 Å². The average Bonchev–Trinajstić information content (AvgIpc) is 3.61. The Bertz CT molecular complexity index is 1150. The molecule has 0 saturated heterocycles. The normalized spacial score (nSPS) is 19.2. The van der Waals surface area contributed by atoms with E-state index in [0.29, 0.717) is 48.1 Å². The maximum Gasteiger partial charge on any atom is 0.410 e. The van der Waals surface area contributed by atoms with Gasteiger partial charge in [-0.2, -0.15) is 5.26 Å². The number of carbonyl (C=O) groups excluding carboxylic acids is 2. The number of alkyl carbamates (subject to hydrolysis) is 1. The molecule has 0 radical (unpaired) electrons. The van der Waals surface area contributed by atoms with E-state index in [0.717, 1.165) is 23.3 Å². The highest BCUT2D eigenvalue weighted by atomic mass is 35.5. The lowest BCUT2D eigenvalue weighted by Gasteiger charge is -2.22. The summed E-state index contributed by atoms with van der Waals surface area (Å²) < 4.78 is 17.2. The number of hydrogen-bond acceptors (Lipinski definition) is 7. The molecular weight excluding hydrogens is 490 g/mol. The molecule has 2 amide bonds. The summed E-state index contributed by atoms with van der Waals surface area (Å²) in [5.41, 5.74) is 0.191. The number of halogens is 1. The van der Waals surface area contributed by atoms with Crippen molar-refractivity contribution in [2.24, 2.45) is 0 Å². The van der Waals surface area contributed by atoms with Crippen LogP contribution in [0.4, 0.5) is 4.79 Å². The number of amides is 2. The first-order valence-corrected chi connectivity index (χ1v) is 12.9. The molecule has 2 aliphatic heterocycles. The van der Waals surface area contributed by atoms with E-state index < -0.39 is 23.8 Å². The molecule has 1 saturated carbocycles. The molecule has 0 unspecified atom stereocenters. The van der Waals surface area contributed by atoms with Crippen molar-refractivity contribution < 1.29 is 23.8 Å². The van der Waals surface area contributed by atoms with Crippen molar-refractivity contribution in [3.8, 4) is 17.6 Å². The van der Waals surface area contributed by atoms with Crippen LogP contribution in [-0.2, 0) is 11.2 Å². The third-order valence-corrected chi connectivity index (χ3v) is 6.77. The molecule has 0 spiro atoms. The summed E-state index contributed by atoms with van der Waals surface area (Å²) in [6, 6.07) is 12.8. The summed E-state index contributed by atoms with van der Waals surface area (Å²) in [5, 5.41) is 15.1. The second kappa shape index (κ2) is 11.1. The van der Waals surface area contributed by atoms with Crippen molar-refractivity contribution in [3.63, 3.8) is 0 Å². The minimum atomic E-state index is -1.02. The van der Waals surface area contributed by atoms with E-state index in [4.69, 9.17) is 25.8 Å². The summed E-state index contributed by atoms with van der Waals surface area (Å²) in [6.07, 6.45) is 2.91. The Morgan fingerprint density at radius 2 is 1.91 bits per heavy atom. The van der Waals surface area contributed by atoms with Crippen LogP contribution in [0.25, 0.3) is 0 Å². The van der Waals surface area contributed by atoms with Gasteiger partial charge >= 0.3 is 6.09 Å². The molecule has 2 aromatic rings. The molecule has 8 nitrogen and oxygen atoms in total. The van der Waals surface area contributed by atoms with Gasteiger partial charge in [-0.15, -0.1) is 11.8 Å². The van der Waals surface area contributed by atoms with E-state index in [2.05, 4.69) is 16.7 Å². The Kier molecular flexibility index (Phi) is 7.93. The van der Waals surface area contributed by atoms with Crippen molar-refractivity contribution in [1.82, 2.24) is 10.6 Å². The second-order valence-electron chi connectivity index (χ2n) is 8.42. The van der Waals surface area contributed by atoms with Crippen molar-refractivity contribution in [2.75, 3.05) is 19.5 Å². The van der Waals surface area contributed by atoms with Gasteiger partial charge in [0.15, 0.2) is 6.23 Å². The topological polar surface area (TPSA) is 110 Å². The van der Waals surface area contributed by atoms with Gasteiger partial charge in [-0.1, -0.05) is 17.7 Å². The SMILES string of the molecule is CSc1ccc2c(c1)C(=O)N[C@@H](OC(=O)NC1(C#N)CC1)Cc1ccc(c(Cl)c1)OCCCCO2.